The van der Waals surface area contributed by atoms with Crippen LogP contribution in [0.2, 0.25) is 0 Å². The Balaban J connectivity index is 4.10. The molecular weight excluding hydrogens is 208 g/mol. The SMILES string of the molecule is CCCCOC(=O)C(C)C(O)C(C)C(C)O. The molecule has 0 aliphatic carbocycles. The number of rotatable bonds is 7. The number of ether oxygens (including phenoxy) is 1. The molecule has 0 aromatic rings. The maximum Gasteiger partial charge on any atom is 0.311 e. The Labute approximate surface area is 97.6 Å². The molecule has 4 heteroatoms. The first-order valence-electron chi connectivity index (χ1n) is 5.94. The van der Waals surface area contributed by atoms with Gasteiger partial charge >= 0.3 is 5.97 Å². The average molecular weight is 232 g/mol. The van der Waals surface area contributed by atoms with Crippen molar-refractivity contribution in [1.82, 2.24) is 0 Å². The van der Waals surface area contributed by atoms with Gasteiger partial charge < -0.3 is 14.9 Å². The van der Waals surface area contributed by atoms with Crippen molar-refractivity contribution in [1.29, 1.82) is 0 Å². The molecule has 0 bridgehead atoms. The van der Waals surface area contributed by atoms with Crippen LogP contribution in [0, 0.1) is 11.8 Å². The van der Waals surface area contributed by atoms with E-state index in [1.165, 1.54) is 0 Å². The topological polar surface area (TPSA) is 66.8 Å². The van der Waals surface area contributed by atoms with E-state index in [0.717, 1.165) is 12.8 Å². The van der Waals surface area contributed by atoms with Crippen molar-refractivity contribution in [3.05, 3.63) is 0 Å². The van der Waals surface area contributed by atoms with Crippen molar-refractivity contribution < 1.29 is 19.7 Å². The fourth-order valence-corrected chi connectivity index (χ4v) is 1.33. The zero-order valence-electron chi connectivity index (χ0n) is 10.6. The van der Waals surface area contributed by atoms with Crippen LogP contribution in [0.15, 0.2) is 0 Å². The lowest BCUT2D eigenvalue weighted by Crippen LogP contribution is -2.37. The molecule has 4 unspecified atom stereocenters. The number of esters is 1. The van der Waals surface area contributed by atoms with Crippen LogP contribution in [0.5, 0.6) is 0 Å². The quantitative estimate of drug-likeness (QED) is 0.513. The van der Waals surface area contributed by atoms with E-state index in [1.807, 2.05) is 6.92 Å². The highest BCUT2D eigenvalue weighted by Gasteiger charge is 2.30. The van der Waals surface area contributed by atoms with Gasteiger partial charge in [0.2, 0.25) is 0 Å². The van der Waals surface area contributed by atoms with E-state index in [4.69, 9.17) is 4.74 Å². The van der Waals surface area contributed by atoms with Crippen molar-refractivity contribution in [2.75, 3.05) is 6.61 Å². The lowest BCUT2D eigenvalue weighted by molar-refractivity contribution is -0.154. The summed E-state index contributed by atoms with van der Waals surface area (Å²) in [6.07, 6.45) is 0.296. The molecule has 0 saturated heterocycles. The number of carbonyl (C=O) groups is 1. The summed E-state index contributed by atoms with van der Waals surface area (Å²) in [7, 11) is 0. The maximum absolute atomic E-state index is 11.5. The van der Waals surface area contributed by atoms with Gasteiger partial charge in [-0.3, -0.25) is 4.79 Å². The number of unbranched alkanes of at least 4 members (excludes halogenated alkanes) is 1. The van der Waals surface area contributed by atoms with Crippen LogP contribution in [0.4, 0.5) is 0 Å². The van der Waals surface area contributed by atoms with E-state index in [0.29, 0.717) is 6.61 Å². The standard InChI is InChI=1S/C12H24O4/c1-5-6-7-16-12(15)9(3)11(14)8(2)10(4)13/h8-11,13-14H,5-7H2,1-4H3. The third-order valence-electron chi connectivity index (χ3n) is 2.93. The summed E-state index contributed by atoms with van der Waals surface area (Å²) in [6.45, 7) is 7.35. The number of aliphatic hydroxyl groups excluding tert-OH is 2. The molecule has 0 radical (unpaired) electrons. The first-order chi connectivity index (χ1) is 7.41. The summed E-state index contributed by atoms with van der Waals surface area (Å²) in [5, 5.41) is 19.1. The molecule has 0 aromatic heterocycles. The minimum atomic E-state index is -0.867. The van der Waals surface area contributed by atoms with E-state index in [-0.39, 0.29) is 5.92 Å². The monoisotopic (exact) mass is 232 g/mol. The van der Waals surface area contributed by atoms with Crippen molar-refractivity contribution in [2.45, 2.75) is 52.7 Å². The van der Waals surface area contributed by atoms with Crippen molar-refractivity contribution in [2.24, 2.45) is 11.8 Å². The van der Waals surface area contributed by atoms with Gasteiger partial charge in [-0.25, -0.2) is 0 Å². The molecular formula is C12H24O4. The van der Waals surface area contributed by atoms with Crippen molar-refractivity contribution in [3.8, 4) is 0 Å². The van der Waals surface area contributed by atoms with E-state index >= 15 is 0 Å². The summed E-state index contributed by atoms with van der Waals surface area (Å²) in [6, 6.07) is 0. The van der Waals surface area contributed by atoms with Gasteiger partial charge in [-0.2, -0.15) is 0 Å². The number of hydrogen-bond acceptors (Lipinski definition) is 4. The molecule has 0 aliphatic rings. The van der Waals surface area contributed by atoms with Crippen LogP contribution in [-0.2, 0) is 9.53 Å². The second kappa shape index (κ2) is 7.63. The van der Waals surface area contributed by atoms with Crippen LogP contribution in [-0.4, -0.2) is 35.0 Å². The highest BCUT2D eigenvalue weighted by atomic mass is 16.5. The van der Waals surface area contributed by atoms with Crippen LogP contribution in [0.25, 0.3) is 0 Å². The molecule has 0 saturated carbocycles. The van der Waals surface area contributed by atoms with Crippen molar-refractivity contribution in [3.63, 3.8) is 0 Å². The number of aliphatic hydroxyl groups is 2. The van der Waals surface area contributed by atoms with Gasteiger partial charge in [0, 0.05) is 5.92 Å². The molecule has 0 fully saturated rings. The van der Waals surface area contributed by atoms with Gasteiger partial charge in [0.1, 0.15) is 0 Å². The first-order valence-corrected chi connectivity index (χ1v) is 5.94. The Hall–Kier alpha value is -0.610. The minimum Gasteiger partial charge on any atom is -0.465 e. The maximum atomic E-state index is 11.5. The Bertz CT molecular complexity index is 203. The lowest BCUT2D eigenvalue weighted by atomic mass is 9.90. The molecule has 4 atom stereocenters. The third-order valence-corrected chi connectivity index (χ3v) is 2.93. The van der Waals surface area contributed by atoms with Gasteiger partial charge in [0.15, 0.2) is 0 Å². The Kier molecular flexibility index (Phi) is 7.34. The van der Waals surface area contributed by atoms with Gasteiger partial charge in [-0.1, -0.05) is 20.3 Å². The minimum absolute atomic E-state index is 0.339. The van der Waals surface area contributed by atoms with Crippen LogP contribution >= 0.6 is 0 Å². The van der Waals surface area contributed by atoms with E-state index in [9.17, 15) is 15.0 Å². The highest BCUT2D eigenvalue weighted by molar-refractivity contribution is 5.72. The summed E-state index contributed by atoms with van der Waals surface area (Å²) in [5.41, 5.74) is 0. The molecule has 0 aliphatic heterocycles. The van der Waals surface area contributed by atoms with Gasteiger partial charge in [0.25, 0.3) is 0 Å². The predicted molar refractivity (Wildman–Crippen MR) is 61.9 cm³/mol. The summed E-state index contributed by atoms with van der Waals surface area (Å²) in [4.78, 5) is 11.5. The van der Waals surface area contributed by atoms with Crippen LogP contribution in [0.1, 0.15) is 40.5 Å². The number of carbonyl (C=O) groups excluding carboxylic acids is 1. The van der Waals surface area contributed by atoms with Gasteiger partial charge in [-0.15, -0.1) is 0 Å². The molecule has 96 valence electrons. The molecule has 16 heavy (non-hydrogen) atoms. The fourth-order valence-electron chi connectivity index (χ4n) is 1.33. The zero-order chi connectivity index (χ0) is 12.7. The Morgan fingerprint density at radius 2 is 1.81 bits per heavy atom. The number of hydrogen-bond donors (Lipinski definition) is 2. The van der Waals surface area contributed by atoms with Crippen LogP contribution < -0.4 is 0 Å². The highest BCUT2D eigenvalue weighted by Crippen LogP contribution is 2.17. The van der Waals surface area contributed by atoms with E-state index < -0.39 is 24.1 Å². The smallest absolute Gasteiger partial charge is 0.311 e. The molecule has 0 amide bonds. The predicted octanol–water partition coefficient (Wildman–Crippen LogP) is 1.34. The molecule has 0 heterocycles. The lowest BCUT2D eigenvalue weighted by Gasteiger charge is -2.25. The van der Waals surface area contributed by atoms with Crippen molar-refractivity contribution >= 4 is 5.97 Å². The summed E-state index contributed by atoms with van der Waals surface area (Å²) >= 11 is 0. The molecule has 2 N–H and O–H groups in total. The molecule has 4 nitrogen and oxygen atoms in total. The van der Waals surface area contributed by atoms with E-state index in [1.54, 1.807) is 20.8 Å². The Morgan fingerprint density at radius 1 is 1.25 bits per heavy atom. The molecule has 0 spiro atoms. The third kappa shape index (κ3) is 4.94. The fraction of sp³-hybridized carbons (Fsp3) is 0.917. The van der Waals surface area contributed by atoms with E-state index in [2.05, 4.69) is 0 Å². The second-order valence-corrected chi connectivity index (χ2v) is 4.40. The van der Waals surface area contributed by atoms with Gasteiger partial charge in [0.05, 0.1) is 24.7 Å². The normalized spacial score (nSPS) is 18.6. The Morgan fingerprint density at radius 3 is 2.25 bits per heavy atom. The second-order valence-electron chi connectivity index (χ2n) is 4.40. The average Bonchev–Trinajstić information content (AvgIpc) is 2.26. The largest absolute Gasteiger partial charge is 0.465 e. The van der Waals surface area contributed by atoms with Crippen LogP contribution in [0.3, 0.4) is 0 Å². The zero-order valence-corrected chi connectivity index (χ0v) is 10.6. The van der Waals surface area contributed by atoms with Gasteiger partial charge in [-0.05, 0) is 20.3 Å². The summed E-state index contributed by atoms with van der Waals surface area (Å²) < 4.78 is 5.01. The summed E-state index contributed by atoms with van der Waals surface area (Å²) in [5.74, 6) is -1.33. The first kappa shape index (κ1) is 15.4. The molecule has 0 aromatic carbocycles. The molecule has 0 rings (SSSR count).